The molecule has 0 unspecified atom stereocenters. The van der Waals surface area contributed by atoms with Crippen LogP contribution in [0.2, 0.25) is 0 Å². The number of ether oxygens (including phenoxy) is 1. The van der Waals surface area contributed by atoms with E-state index in [-0.39, 0.29) is 12.5 Å². The lowest BCUT2D eigenvalue weighted by Gasteiger charge is -2.10. The molecule has 0 saturated carbocycles. The maximum Gasteiger partial charge on any atom is 0.257 e. The summed E-state index contributed by atoms with van der Waals surface area (Å²) in [6.45, 7) is 7.04. The number of para-hydroxylation sites is 1. The second kappa shape index (κ2) is 6.94. The third-order valence-electron chi connectivity index (χ3n) is 2.50. The van der Waals surface area contributed by atoms with E-state index in [1.54, 1.807) is 0 Å². The molecular formula is C14H21NO2. The van der Waals surface area contributed by atoms with Crippen molar-refractivity contribution in [3.8, 4) is 5.75 Å². The van der Waals surface area contributed by atoms with E-state index in [2.05, 4.69) is 19.2 Å². The highest BCUT2D eigenvalue weighted by Gasteiger charge is 2.04. The molecule has 0 bridgehead atoms. The Morgan fingerprint density at radius 3 is 2.71 bits per heavy atom. The molecule has 0 aliphatic carbocycles. The number of benzene rings is 1. The summed E-state index contributed by atoms with van der Waals surface area (Å²) in [7, 11) is 0. The van der Waals surface area contributed by atoms with Gasteiger partial charge in [0.05, 0.1) is 0 Å². The summed E-state index contributed by atoms with van der Waals surface area (Å²) in [5.74, 6) is 1.31. The molecule has 1 N–H and O–H groups in total. The average Bonchev–Trinajstić information content (AvgIpc) is 2.27. The zero-order valence-electron chi connectivity index (χ0n) is 10.8. The fourth-order valence-corrected chi connectivity index (χ4v) is 1.41. The normalized spacial score (nSPS) is 10.4. The third-order valence-corrected chi connectivity index (χ3v) is 2.50. The van der Waals surface area contributed by atoms with Gasteiger partial charge in [0.2, 0.25) is 0 Å². The number of carbonyl (C=O) groups excluding carboxylic acids is 1. The van der Waals surface area contributed by atoms with E-state index in [1.807, 2.05) is 31.2 Å². The summed E-state index contributed by atoms with van der Waals surface area (Å²) < 4.78 is 5.44. The zero-order chi connectivity index (χ0) is 12.7. The predicted octanol–water partition coefficient (Wildman–Crippen LogP) is 2.54. The van der Waals surface area contributed by atoms with Crippen molar-refractivity contribution in [3.05, 3.63) is 29.8 Å². The van der Waals surface area contributed by atoms with Crippen LogP contribution >= 0.6 is 0 Å². The molecule has 1 aromatic rings. The van der Waals surface area contributed by atoms with Crippen LogP contribution in [0.3, 0.4) is 0 Å². The lowest BCUT2D eigenvalue weighted by molar-refractivity contribution is -0.123. The first-order valence-corrected chi connectivity index (χ1v) is 6.04. The number of aryl methyl sites for hydroxylation is 1. The van der Waals surface area contributed by atoms with Crippen molar-refractivity contribution in [1.82, 2.24) is 5.32 Å². The van der Waals surface area contributed by atoms with E-state index in [0.29, 0.717) is 12.5 Å². The molecule has 0 saturated heterocycles. The van der Waals surface area contributed by atoms with Crippen LogP contribution in [0.15, 0.2) is 24.3 Å². The molecule has 3 heteroatoms. The van der Waals surface area contributed by atoms with Crippen molar-refractivity contribution < 1.29 is 9.53 Å². The highest BCUT2D eigenvalue weighted by atomic mass is 16.5. The van der Waals surface area contributed by atoms with Crippen LogP contribution in [0, 0.1) is 12.8 Å². The van der Waals surface area contributed by atoms with Gasteiger partial charge in [0.1, 0.15) is 5.75 Å². The number of hydrogen-bond donors (Lipinski definition) is 1. The number of nitrogens with one attached hydrogen (secondary N) is 1. The molecule has 0 aliphatic rings. The van der Waals surface area contributed by atoms with E-state index in [9.17, 15) is 4.79 Å². The smallest absolute Gasteiger partial charge is 0.257 e. The molecule has 0 heterocycles. The molecule has 1 aromatic carbocycles. The monoisotopic (exact) mass is 235 g/mol. The van der Waals surface area contributed by atoms with Crippen LogP contribution in [-0.4, -0.2) is 19.1 Å². The summed E-state index contributed by atoms with van der Waals surface area (Å²) in [6, 6.07) is 7.69. The zero-order valence-corrected chi connectivity index (χ0v) is 10.8. The van der Waals surface area contributed by atoms with Gasteiger partial charge in [-0.3, -0.25) is 4.79 Å². The van der Waals surface area contributed by atoms with E-state index in [1.165, 1.54) is 0 Å². The highest BCUT2D eigenvalue weighted by Crippen LogP contribution is 2.15. The number of hydrogen-bond acceptors (Lipinski definition) is 2. The minimum absolute atomic E-state index is 0.0612. The Kier molecular flexibility index (Phi) is 5.53. The molecule has 3 nitrogen and oxygen atoms in total. The molecule has 1 rings (SSSR count). The number of amides is 1. The molecule has 0 atom stereocenters. The Labute approximate surface area is 103 Å². The van der Waals surface area contributed by atoms with E-state index < -0.39 is 0 Å². The van der Waals surface area contributed by atoms with Gasteiger partial charge in [0.25, 0.3) is 5.91 Å². The molecule has 0 spiro atoms. The van der Waals surface area contributed by atoms with Crippen LogP contribution in [-0.2, 0) is 4.79 Å². The molecule has 0 fully saturated rings. The second-order valence-corrected chi connectivity index (χ2v) is 4.59. The Morgan fingerprint density at radius 1 is 1.35 bits per heavy atom. The summed E-state index contributed by atoms with van der Waals surface area (Å²) >= 11 is 0. The van der Waals surface area contributed by atoms with Crippen molar-refractivity contribution in [1.29, 1.82) is 0 Å². The van der Waals surface area contributed by atoms with Crippen molar-refractivity contribution in [2.75, 3.05) is 13.2 Å². The van der Waals surface area contributed by atoms with Gasteiger partial charge in [-0.2, -0.15) is 0 Å². The van der Waals surface area contributed by atoms with Crippen molar-refractivity contribution in [2.45, 2.75) is 27.2 Å². The minimum Gasteiger partial charge on any atom is -0.484 e. The van der Waals surface area contributed by atoms with Crippen LogP contribution < -0.4 is 10.1 Å². The summed E-state index contributed by atoms with van der Waals surface area (Å²) in [4.78, 5) is 11.5. The largest absolute Gasteiger partial charge is 0.484 e. The topological polar surface area (TPSA) is 38.3 Å². The van der Waals surface area contributed by atoms with Crippen LogP contribution in [0.5, 0.6) is 5.75 Å². The molecule has 0 aromatic heterocycles. The van der Waals surface area contributed by atoms with Gasteiger partial charge >= 0.3 is 0 Å². The maximum atomic E-state index is 11.5. The molecule has 17 heavy (non-hydrogen) atoms. The van der Waals surface area contributed by atoms with Gasteiger partial charge < -0.3 is 10.1 Å². The Hall–Kier alpha value is -1.51. The fraction of sp³-hybridized carbons (Fsp3) is 0.500. The van der Waals surface area contributed by atoms with Gasteiger partial charge in [0, 0.05) is 6.54 Å². The quantitative estimate of drug-likeness (QED) is 0.823. The maximum absolute atomic E-state index is 11.5. The molecule has 0 radical (unpaired) electrons. The predicted molar refractivity (Wildman–Crippen MR) is 69.1 cm³/mol. The van der Waals surface area contributed by atoms with Gasteiger partial charge in [-0.15, -0.1) is 0 Å². The summed E-state index contributed by atoms with van der Waals surface area (Å²) in [6.07, 6.45) is 0.996. The lowest BCUT2D eigenvalue weighted by atomic mass is 10.1. The standard InChI is InChI=1S/C14H21NO2/c1-11(2)8-9-15-14(16)10-17-13-7-5-4-6-12(13)3/h4-7,11H,8-10H2,1-3H3,(H,15,16). The third kappa shape index (κ3) is 5.38. The average molecular weight is 235 g/mol. The lowest BCUT2D eigenvalue weighted by Crippen LogP contribution is -2.30. The van der Waals surface area contributed by atoms with Crippen LogP contribution in [0.25, 0.3) is 0 Å². The summed E-state index contributed by atoms with van der Waals surface area (Å²) in [5, 5.41) is 2.84. The van der Waals surface area contributed by atoms with Gasteiger partial charge in [0.15, 0.2) is 6.61 Å². The molecule has 94 valence electrons. The van der Waals surface area contributed by atoms with Gasteiger partial charge in [-0.1, -0.05) is 32.0 Å². The van der Waals surface area contributed by atoms with E-state index in [0.717, 1.165) is 17.7 Å². The molecular weight excluding hydrogens is 214 g/mol. The van der Waals surface area contributed by atoms with E-state index in [4.69, 9.17) is 4.74 Å². The van der Waals surface area contributed by atoms with Gasteiger partial charge in [-0.25, -0.2) is 0 Å². The SMILES string of the molecule is Cc1ccccc1OCC(=O)NCCC(C)C. The van der Waals surface area contributed by atoms with Gasteiger partial charge in [-0.05, 0) is 30.9 Å². The molecule has 0 aliphatic heterocycles. The molecule has 1 amide bonds. The first-order chi connectivity index (χ1) is 8.09. The van der Waals surface area contributed by atoms with E-state index >= 15 is 0 Å². The Balaban J connectivity index is 2.26. The van der Waals surface area contributed by atoms with Crippen LogP contribution in [0.4, 0.5) is 0 Å². The van der Waals surface area contributed by atoms with Crippen LogP contribution in [0.1, 0.15) is 25.8 Å². The number of carbonyl (C=O) groups is 1. The van der Waals surface area contributed by atoms with Crippen molar-refractivity contribution >= 4 is 5.91 Å². The Bertz CT molecular complexity index is 361. The first kappa shape index (κ1) is 13.6. The van der Waals surface area contributed by atoms with Crippen molar-refractivity contribution in [2.24, 2.45) is 5.92 Å². The highest BCUT2D eigenvalue weighted by molar-refractivity contribution is 5.77. The minimum atomic E-state index is -0.0612. The first-order valence-electron chi connectivity index (χ1n) is 6.04. The number of rotatable bonds is 6. The summed E-state index contributed by atoms with van der Waals surface area (Å²) in [5.41, 5.74) is 1.04. The Morgan fingerprint density at radius 2 is 2.06 bits per heavy atom. The second-order valence-electron chi connectivity index (χ2n) is 4.59. The fourth-order valence-electron chi connectivity index (χ4n) is 1.41. The van der Waals surface area contributed by atoms with Crippen molar-refractivity contribution in [3.63, 3.8) is 0 Å².